The summed E-state index contributed by atoms with van der Waals surface area (Å²) in [7, 11) is 1.66. The molecule has 0 saturated carbocycles. The molecule has 28 heavy (non-hydrogen) atoms. The molecule has 1 heterocycles. The highest BCUT2D eigenvalue weighted by atomic mass is 16.7. The van der Waals surface area contributed by atoms with Crippen LogP contribution in [0.4, 0.5) is 0 Å². The van der Waals surface area contributed by atoms with Crippen molar-refractivity contribution in [2.45, 2.75) is 90.3 Å². The van der Waals surface area contributed by atoms with Crippen LogP contribution in [0.1, 0.15) is 81.8 Å². The Labute approximate surface area is 171 Å². The van der Waals surface area contributed by atoms with E-state index in [0.717, 1.165) is 38.2 Å². The Morgan fingerprint density at radius 1 is 0.964 bits per heavy atom. The molecule has 1 saturated heterocycles. The molecule has 1 atom stereocenters. The van der Waals surface area contributed by atoms with Crippen LogP contribution in [0, 0.1) is 6.92 Å². The van der Waals surface area contributed by atoms with Gasteiger partial charge in [0.05, 0.1) is 0 Å². The average Bonchev–Trinajstić information content (AvgIpc) is 2.72. The molecule has 4 nitrogen and oxygen atoms in total. The predicted molar refractivity (Wildman–Crippen MR) is 114 cm³/mol. The van der Waals surface area contributed by atoms with Gasteiger partial charge in [0, 0.05) is 20.3 Å². The van der Waals surface area contributed by atoms with Gasteiger partial charge in [-0.2, -0.15) is 0 Å². The third-order valence-electron chi connectivity index (χ3n) is 5.40. The number of benzene rings is 1. The lowest BCUT2D eigenvalue weighted by Gasteiger charge is -2.22. The summed E-state index contributed by atoms with van der Waals surface area (Å²) in [4.78, 5) is 0. The Kier molecular flexibility index (Phi) is 12.3. The van der Waals surface area contributed by atoms with E-state index in [2.05, 4.69) is 25.1 Å². The molecule has 1 aromatic rings. The van der Waals surface area contributed by atoms with Crippen LogP contribution in [-0.2, 0) is 20.6 Å². The minimum absolute atomic E-state index is 0.0718. The molecule has 160 valence electrons. The molecule has 0 bridgehead atoms. The number of methoxy groups -OCH3 is 1. The Hall–Kier alpha value is -1.10. The number of unbranched alkanes of at least 4 members (excludes halogenated alkanes) is 7. The molecule has 1 aliphatic rings. The van der Waals surface area contributed by atoms with Crippen molar-refractivity contribution >= 4 is 0 Å². The maximum Gasteiger partial charge on any atom is 0.188 e. The van der Waals surface area contributed by atoms with E-state index in [9.17, 15) is 0 Å². The van der Waals surface area contributed by atoms with Gasteiger partial charge < -0.3 is 18.9 Å². The molecular formula is C24H40O4. The van der Waals surface area contributed by atoms with Gasteiger partial charge in [-0.15, -0.1) is 0 Å². The standard InChI is InChI=1S/C24H40O4/c1-21-14-13-16-22(24(21)28-20-25-2)15-9-7-5-3-4-6-8-11-18-26-23-17-10-12-19-27-23/h13-14,16,23H,3-12,15,17-20H2,1-2H3. The highest BCUT2D eigenvalue weighted by Crippen LogP contribution is 2.25. The molecule has 0 amide bonds. The molecule has 0 spiro atoms. The lowest BCUT2D eigenvalue weighted by molar-refractivity contribution is -0.162. The van der Waals surface area contributed by atoms with Gasteiger partial charge in [-0.05, 0) is 56.6 Å². The maximum atomic E-state index is 5.79. The van der Waals surface area contributed by atoms with E-state index in [-0.39, 0.29) is 6.29 Å². The molecule has 0 aromatic heterocycles. The van der Waals surface area contributed by atoms with Gasteiger partial charge in [0.25, 0.3) is 0 Å². The number of ether oxygens (including phenoxy) is 4. The molecule has 0 radical (unpaired) electrons. The molecule has 1 unspecified atom stereocenters. The lowest BCUT2D eigenvalue weighted by Crippen LogP contribution is -2.22. The van der Waals surface area contributed by atoms with Crippen LogP contribution in [0.15, 0.2) is 18.2 Å². The van der Waals surface area contributed by atoms with Crippen molar-refractivity contribution in [3.8, 4) is 5.75 Å². The zero-order valence-corrected chi connectivity index (χ0v) is 18.0. The van der Waals surface area contributed by atoms with Gasteiger partial charge in [-0.3, -0.25) is 0 Å². The van der Waals surface area contributed by atoms with E-state index in [4.69, 9.17) is 18.9 Å². The minimum Gasteiger partial charge on any atom is -0.467 e. The quantitative estimate of drug-likeness (QED) is 0.264. The second-order valence-electron chi connectivity index (χ2n) is 7.86. The number of hydrogen-bond donors (Lipinski definition) is 0. The zero-order valence-electron chi connectivity index (χ0n) is 18.0. The fraction of sp³-hybridized carbons (Fsp3) is 0.750. The summed E-state index contributed by atoms with van der Waals surface area (Å²) >= 11 is 0. The van der Waals surface area contributed by atoms with Crippen molar-refractivity contribution < 1.29 is 18.9 Å². The van der Waals surface area contributed by atoms with Crippen molar-refractivity contribution in [3.63, 3.8) is 0 Å². The predicted octanol–water partition coefficient (Wildman–Crippen LogP) is 6.18. The minimum atomic E-state index is 0.0718. The Morgan fingerprint density at radius 3 is 2.43 bits per heavy atom. The summed E-state index contributed by atoms with van der Waals surface area (Å²) in [6.07, 6.45) is 14.9. The monoisotopic (exact) mass is 392 g/mol. The molecule has 1 aromatic carbocycles. The van der Waals surface area contributed by atoms with E-state index in [0.29, 0.717) is 6.79 Å². The summed E-state index contributed by atoms with van der Waals surface area (Å²) in [6.45, 7) is 4.14. The zero-order chi connectivity index (χ0) is 19.9. The van der Waals surface area contributed by atoms with E-state index in [1.165, 1.54) is 68.9 Å². The molecule has 4 heteroatoms. The number of aryl methyl sites for hydroxylation is 2. The number of rotatable bonds is 15. The van der Waals surface area contributed by atoms with E-state index >= 15 is 0 Å². The highest BCUT2D eigenvalue weighted by molar-refractivity contribution is 5.40. The number of para-hydroxylation sites is 1. The van der Waals surface area contributed by atoms with Crippen LogP contribution in [0.25, 0.3) is 0 Å². The van der Waals surface area contributed by atoms with E-state index in [1.807, 2.05) is 0 Å². The van der Waals surface area contributed by atoms with Gasteiger partial charge in [-0.1, -0.05) is 56.7 Å². The molecule has 0 N–H and O–H groups in total. The van der Waals surface area contributed by atoms with E-state index in [1.54, 1.807) is 7.11 Å². The first kappa shape index (κ1) is 23.2. The molecule has 1 aliphatic heterocycles. The van der Waals surface area contributed by atoms with Crippen molar-refractivity contribution in [2.75, 3.05) is 27.1 Å². The SMILES string of the molecule is COCOc1c(C)cccc1CCCCCCCCCCOC1CCCCO1. The summed E-state index contributed by atoms with van der Waals surface area (Å²) in [6, 6.07) is 6.40. The van der Waals surface area contributed by atoms with Crippen LogP contribution < -0.4 is 4.74 Å². The lowest BCUT2D eigenvalue weighted by atomic mass is 10.0. The van der Waals surface area contributed by atoms with Crippen LogP contribution >= 0.6 is 0 Å². The molecule has 2 rings (SSSR count). The topological polar surface area (TPSA) is 36.9 Å². The smallest absolute Gasteiger partial charge is 0.188 e. The average molecular weight is 393 g/mol. The van der Waals surface area contributed by atoms with Crippen molar-refractivity contribution in [1.29, 1.82) is 0 Å². The van der Waals surface area contributed by atoms with Crippen molar-refractivity contribution in [2.24, 2.45) is 0 Å². The van der Waals surface area contributed by atoms with Gasteiger partial charge in [0.2, 0.25) is 0 Å². The Bertz CT molecular complexity index is 511. The van der Waals surface area contributed by atoms with Crippen LogP contribution in [0.3, 0.4) is 0 Å². The summed E-state index contributed by atoms with van der Waals surface area (Å²) in [5.41, 5.74) is 2.49. The fourth-order valence-corrected chi connectivity index (χ4v) is 3.77. The third-order valence-corrected chi connectivity index (χ3v) is 5.40. The van der Waals surface area contributed by atoms with Gasteiger partial charge in [-0.25, -0.2) is 0 Å². The molecular weight excluding hydrogens is 352 g/mol. The second-order valence-corrected chi connectivity index (χ2v) is 7.86. The van der Waals surface area contributed by atoms with Gasteiger partial charge in [0.15, 0.2) is 13.1 Å². The normalized spacial score (nSPS) is 17.0. The van der Waals surface area contributed by atoms with Crippen LogP contribution in [0.2, 0.25) is 0 Å². The Balaban J connectivity index is 1.44. The van der Waals surface area contributed by atoms with Crippen molar-refractivity contribution in [1.82, 2.24) is 0 Å². The molecule has 1 fully saturated rings. The first-order valence-electron chi connectivity index (χ1n) is 11.2. The van der Waals surface area contributed by atoms with Crippen LogP contribution in [-0.4, -0.2) is 33.4 Å². The summed E-state index contributed by atoms with van der Waals surface area (Å²) in [5, 5.41) is 0. The summed E-state index contributed by atoms with van der Waals surface area (Å²) in [5.74, 6) is 1.00. The largest absolute Gasteiger partial charge is 0.467 e. The summed E-state index contributed by atoms with van der Waals surface area (Å²) < 4.78 is 22.2. The maximum absolute atomic E-state index is 5.79. The fourth-order valence-electron chi connectivity index (χ4n) is 3.77. The van der Waals surface area contributed by atoms with Gasteiger partial charge in [0.1, 0.15) is 5.75 Å². The second kappa shape index (κ2) is 14.8. The first-order valence-corrected chi connectivity index (χ1v) is 11.2. The van der Waals surface area contributed by atoms with E-state index < -0.39 is 0 Å². The third kappa shape index (κ3) is 9.40. The molecule has 0 aliphatic carbocycles. The highest BCUT2D eigenvalue weighted by Gasteiger charge is 2.13. The van der Waals surface area contributed by atoms with Crippen molar-refractivity contribution in [3.05, 3.63) is 29.3 Å². The van der Waals surface area contributed by atoms with Gasteiger partial charge >= 0.3 is 0 Å². The Morgan fingerprint density at radius 2 is 1.71 bits per heavy atom. The van der Waals surface area contributed by atoms with Crippen LogP contribution in [0.5, 0.6) is 5.75 Å². The number of hydrogen-bond acceptors (Lipinski definition) is 4. The first-order chi connectivity index (χ1) is 13.8.